The minimum Gasteiger partial charge on any atom is -0.465 e. The first kappa shape index (κ1) is 16.1. The number of rotatable bonds is 3. The second-order valence-corrected chi connectivity index (χ2v) is 6.80. The van der Waals surface area contributed by atoms with Crippen LogP contribution in [-0.4, -0.2) is 22.4 Å². The molecule has 0 saturated heterocycles. The molecule has 1 unspecified atom stereocenters. The molecule has 1 saturated carbocycles. The number of halogens is 1. The molecule has 0 N–H and O–H groups in total. The first-order valence-electron chi connectivity index (χ1n) is 8.85. The van der Waals surface area contributed by atoms with Gasteiger partial charge in [-0.15, -0.1) is 0 Å². The molecule has 1 aromatic heterocycles. The quantitative estimate of drug-likeness (QED) is 0.791. The zero-order valence-corrected chi connectivity index (χ0v) is 14.3. The lowest BCUT2D eigenvalue weighted by Crippen LogP contribution is -2.40. The molecule has 2 aliphatic carbocycles. The largest absolute Gasteiger partial charge is 0.465 e. The van der Waals surface area contributed by atoms with Gasteiger partial charge in [0, 0.05) is 0 Å². The third kappa shape index (κ3) is 2.58. The maximum atomic E-state index is 13.2. The molecule has 0 aliphatic heterocycles. The molecule has 5 heteroatoms. The van der Waals surface area contributed by atoms with Gasteiger partial charge in [0.05, 0.1) is 29.6 Å². The second kappa shape index (κ2) is 6.14. The number of benzene rings is 1. The van der Waals surface area contributed by atoms with E-state index in [1.807, 2.05) is 17.8 Å². The Balaban J connectivity index is 1.78. The molecular formula is C20H21FN2O2. The van der Waals surface area contributed by atoms with Crippen LogP contribution in [0.25, 0.3) is 11.8 Å². The normalized spacial score (nSPS) is 21.9. The fourth-order valence-corrected chi connectivity index (χ4v) is 4.09. The minimum atomic E-state index is -0.530. The van der Waals surface area contributed by atoms with Crippen LogP contribution in [0.2, 0.25) is 0 Å². The van der Waals surface area contributed by atoms with Crippen LogP contribution in [0.15, 0.2) is 36.0 Å². The maximum absolute atomic E-state index is 13.2. The monoisotopic (exact) mass is 340 g/mol. The van der Waals surface area contributed by atoms with E-state index in [1.165, 1.54) is 12.1 Å². The van der Waals surface area contributed by atoms with Crippen molar-refractivity contribution in [3.8, 4) is 5.69 Å². The van der Waals surface area contributed by atoms with Crippen molar-refractivity contribution in [2.45, 2.75) is 39.0 Å². The number of nitrogens with zero attached hydrogens (tertiary/aromatic N) is 2. The summed E-state index contributed by atoms with van der Waals surface area (Å²) in [6.07, 6.45) is 8.43. The third-order valence-electron chi connectivity index (χ3n) is 5.34. The van der Waals surface area contributed by atoms with Crippen LogP contribution in [0.4, 0.5) is 4.39 Å². The van der Waals surface area contributed by atoms with Crippen molar-refractivity contribution in [2.75, 3.05) is 6.61 Å². The Kier molecular flexibility index (Phi) is 3.94. The van der Waals surface area contributed by atoms with E-state index in [2.05, 4.69) is 11.2 Å². The maximum Gasteiger partial charge on any atom is 0.316 e. The highest BCUT2D eigenvalue weighted by molar-refractivity contribution is 5.85. The van der Waals surface area contributed by atoms with E-state index < -0.39 is 5.41 Å². The molecule has 4 nitrogen and oxygen atoms in total. The fraction of sp³-hybridized carbons (Fsp3) is 0.400. The van der Waals surface area contributed by atoms with Crippen LogP contribution in [0.5, 0.6) is 0 Å². The number of hydrogen-bond donors (Lipinski definition) is 0. The molecule has 1 atom stereocenters. The molecule has 1 aromatic carbocycles. The Morgan fingerprint density at radius 1 is 1.32 bits per heavy atom. The summed E-state index contributed by atoms with van der Waals surface area (Å²) in [5, 5.41) is 4.49. The topological polar surface area (TPSA) is 44.1 Å². The Morgan fingerprint density at radius 2 is 2.12 bits per heavy atom. The highest BCUT2D eigenvalue weighted by Crippen LogP contribution is 2.48. The van der Waals surface area contributed by atoms with Crippen LogP contribution in [-0.2, 0) is 16.0 Å². The lowest BCUT2D eigenvalue weighted by atomic mass is 9.64. The molecular weight excluding hydrogens is 319 g/mol. The van der Waals surface area contributed by atoms with E-state index >= 15 is 0 Å². The van der Waals surface area contributed by atoms with Crippen molar-refractivity contribution >= 4 is 12.0 Å². The summed E-state index contributed by atoms with van der Waals surface area (Å²) in [7, 11) is 0. The van der Waals surface area contributed by atoms with Gasteiger partial charge < -0.3 is 4.74 Å². The number of carbonyl (C=O) groups excluding carboxylic acids is 1. The SMILES string of the molecule is CCOC(=O)C12CCCCC1=Cc1c(cnn1-c1ccc(F)cc1)C2. The van der Waals surface area contributed by atoms with Gasteiger partial charge >= 0.3 is 5.97 Å². The van der Waals surface area contributed by atoms with Crippen molar-refractivity contribution in [3.63, 3.8) is 0 Å². The van der Waals surface area contributed by atoms with Crippen molar-refractivity contribution in [1.82, 2.24) is 9.78 Å². The van der Waals surface area contributed by atoms with Gasteiger partial charge in [-0.25, -0.2) is 9.07 Å². The summed E-state index contributed by atoms with van der Waals surface area (Å²) in [6.45, 7) is 2.25. The van der Waals surface area contributed by atoms with Crippen LogP contribution >= 0.6 is 0 Å². The first-order chi connectivity index (χ1) is 12.1. The zero-order valence-electron chi connectivity index (χ0n) is 14.3. The Hall–Kier alpha value is -2.43. The standard InChI is InChI=1S/C20H21FN2O2/c1-2-25-19(24)20-10-4-3-5-15(20)11-18-14(12-20)13-22-23(18)17-8-6-16(21)7-9-17/h6-9,11,13H,2-5,10,12H2,1H3. The first-order valence-corrected chi connectivity index (χ1v) is 8.85. The number of esters is 1. The summed E-state index contributed by atoms with van der Waals surface area (Å²) in [5.74, 6) is -0.377. The van der Waals surface area contributed by atoms with E-state index in [-0.39, 0.29) is 11.8 Å². The van der Waals surface area contributed by atoms with E-state index in [4.69, 9.17) is 4.74 Å². The molecule has 130 valence electrons. The summed E-state index contributed by atoms with van der Waals surface area (Å²) >= 11 is 0. The average molecular weight is 340 g/mol. The number of ether oxygens (including phenoxy) is 1. The molecule has 0 radical (unpaired) electrons. The summed E-state index contributed by atoms with van der Waals surface area (Å²) < 4.78 is 20.4. The fourth-order valence-electron chi connectivity index (χ4n) is 4.09. The van der Waals surface area contributed by atoms with Gasteiger partial charge in [0.1, 0.15) is 5.82 Å². The minimum absolute atomic E-state index is 0.110. The Labute approximate surface area is 146 Å². The molecule has 25 heavy (non-hydrogen) atoms. The third-order valence-corrected chi connectivity index (χ3v) is 5.34. The van der Waals surface area contributed by atoms with Crippen molar-refractivity contribution in [1.29, 1.82) is 0 Å². The Morgan fingerprint density at radius 3 is 2.88 bits per heavy atom. The van der Waals surface area contributed by atoms with E-state index in [1.54, 1.807) is 12.1 Å². The molecule has 4 rings (SSSR count). The van der Waals surface area contributed by atoms with Crippen molar-refractivity contribution in [2.24, 2.45) is 5.41 Å². The second-order valence-electron chi connectivity index (χ2n) is 6.80. The zero-order chi connectivity index (χ0) is 17.4. The highest BCUT2D eigenvalue weighted by atomic mass is 19.1. The van der Waals surface area contributed by atoms with Gasteiger partial charge in [-0.2, -0.15) is 5.10 Å². The van der Waals surface area contributed by atoms with Crippen molar-refractivity contribution < 1.29 is 13.9 Å². The Bertz CT molecular complexity index is 838. The van der Waals surface area contributed by atoms with Crippen LogP contribution in [0.1, 0.15) is 43.9 Å². The lowest BCUT2D eigenvalue weighted by molar-refractivity contribution is -0.154. The van der Waals surface area contributed by atoms with Crippen molar-refractivity contribution in [3.05, 3.63) is 53.1 Å². The molecule has 0 amide bonds. The molecule has 1 fully saturated rings. The predicted molar refractivity (Wildman–Crippen MR) is 92.7 cm³/mol. The summed E-state index contributed by atoms with van der Waals surface area (Å²) in [6, 6.07) is 6.30. The summed E-state index contributed by atoms with van der Waals surface area (Å²) in [4.78, 5) is 12.7. The number of carbonyl (C=O) groups is 1. The molecule has 2 aliphatic rings. The molecule has 1 heterocycles. The number of fused-ring (bicyclic) bond motifs is 2. The van der Waals surface area contributed by atoms with Gasteiger partial charge in [-0.1, -0.05) is 12.0 Å². The van der Waals surface area contributed by atoms with Gasteiger partial charge in [-0.3, -0.25) is 4.79 Å². The van der Waals surface area contributed by atoms with E-state index in [9.17, 15) is 9.18 Å². The highest BCUT2D eigenvalue weighted by Gasteiger charge is 2.47. The van der Waals surface area contributed by atoms with Crippen LogP contribution in [0.3, 0.4) is 0 Å². The molecule has 2 aromatic rings. The van der Waals surface area contributed by atoms with Gasteiger partial charge in [0.25, 0.3) is 0 Å². The number of aromatic nitrogens is 2. The molecule has 0 bridgehead atoms. The van der Waals surface area contributed by atoms with Gasteiger partial charge in [0.15, 0.2) is 0 Å². The van der Waals surface area contributed by atoms with Gasteiger partial charge in [-0.05, 0) is 68.5 Å². The molecule has 0 spiro atoms. The summed E-state index contributed by atoms with van der Waals surface area (Å²) in [5.41, 5.74) is 3.47. The van der Waals surface area contributed by atoms with E-state index in [0.717, 1.165) is 48.2 Å². The van der Waals surface area contributed by atoms with Crippen LogP contribution in [0, 0.1) is 11.2 Å². The van der Waals surface area contributed by atoms with Crippen LogP contribution < -0.4 is 0 Å². The lowest BCUT2D eigenvalue weighted by Gasteiger charge is -2.39. The smallest absolute Gasteiger partial charge is 0.316 e. The number of hydrogen-bond acceptors (Lipinski definition) is 3. The predicted octanol–water partition coefficient (Wildman–Crippen LogP) is 4.07. The van der Waals surface area contributed by atoms with Gasteiger partial charge in [0.2, 0.25) is 0 Å². The van der Waals surface area contributed by atoms with E-state index in [0.29, 0.717) is 13.0 Å². The average Bonchev–Trinajstić information content (AvgIpc) is 3.03.